The molecule has 1 atom stereocenters. The number of benzene rings is 1. The van der Waals surface area contributed by atoms with E-state index in [0.29, 0.717) is 32.6 Å². The van der Waals surface area contributed by atoms with Gasteiger partial charge in [0.25, 0.3) is 0 Å². The summed E-state index contributed by atoms with van der Waals surface area (Å²) in [5.41, 5.74) is 7.48. The van der Waals surface area contributed by atoms with Gasteiger partial charge in [0.15, 0.2) is 0 Å². The lowest BCUT2D eigenvalue weighted by Crippen LogP contribution is -2.49. The number of imidazole rings is 1. The predicted octanol–water partition coefficient (Wildman–Crippen LogP) is 1.80. The van der Waals surface area contributed by atoms with Crippen molar-refractivity contribution in [1.29, 1.82) is 0 Å². The molecule has 128 valence electrons. The topological polar surface area (TPSA) is 82.2 Å². The Balaban J connectivity index is 1.73. The molecule has 1 aliphatic rings. The fraction of sp³-hybridized carbons (Fsp3) is 0.444. The van der Waals surface area contributed by atoms with E-state index in [2.05, 4.69) is 16.4 Å². The number of nitrogens with zero attached hydrogens (tertiary/aromatic N) is 2. The van der Waals surface area contributed by atoms with Crippen LogP contribution in [0.3, 0.4) is 0 Å². The molecule has 1 amide bonds. The van der Waals surface area contributed by atoms with Crippen molar-refractivity contribution in [2.45, 2.75) is 25.8 Å². The van der Waals surface area contributed by atoms with E-state index in [-0.39, 0.29) is 11.9 Å². The average molecular weight is 328 g/mol. The van der Waals surface area contributed by atoms with E-state index >= 15 is 0 Å². The van der Waals surface area contributed by atoms with Gasteiger partial charge >= 0.3 is 0 Å². The number of carbonyl (C=O) groups is 1. The maximum Gasteiger partial charge on any atom is 0.228 e. The van der Waals surface area contributed by atoms with E-state index < -0.39 is 5.41 Å². The predicted molar refractivity (Wildman–Crippen MR) is 91.7 cm³/mol. The molecule has 6 heteroatoms. The van der Waals surface area contributed by atoms with Gasteiger partial charge in [0, 0.05) is 37.8 Å². The Bertz CT molecular complexity index is 678. The molecule has 1 aromatic carbocycles. The fourth-order valence-electron chi connectivity index (χ4n) is 3.09. The number of hydrogen-bond acceptors (Lipinski definition) is 4. The number of rotatable bonds is 5. The molecule has 1 saturated heterocycles. The van der Waals surface area contributed by atoms with Gasteiger partial charge in [-0.1, -0.05) is 12.1 Å². The number of nitrogens with two attached hydrogens (primary N) is 1. The van der Waals surface area contributed by atoms with E-state index in [1.807, 2.05) is 35.9 Å². The first-order valence-electron chi connectivity index (χ1n) is 8.32. The molecule has 2 heterocycles. The lowest BCUT2D eigenvalue weighted by Gasteiger charge is -2.35. The van der Waals surface area contributed by atoms with Gasteiger partial charge < -0.3 is 20.4 Å². The molecular weight excluding hydrogens is 304 g/mol. The summed E-state index contributed by atoms with van der Waals surface area (Å²) >= 11 is 0. The Hall–Kier alpha value is -2.18. The smallest absolute Gasteiger partial charge is 0.228 e. The Labute approximate surface area is 142 Å². The molecule has 0 radical (unpaired) electrons. The minimum absolute atomic E-state index is 0.0221. The van der Waals surface area contributed by atoms with Gasteiger partial charge in [0.05, 0.1) is 17.8 Å². The Morgan fingerprint density at radius 3 is 2.92 bits per heavy atom. The highest BCUT2D eigenvalue weighted by atomic mass is 16.5. The van der Waals surface area contributed by atoms with Crippen LogP contribution in [0.15, 0.2) is 43.0 Å². The second-order valence-corrected chi connectivity index (χ2v) is 6.36. The number of aromatic nitrogens is 2. The molecule has 0 spiro atoms. The van der Waals surface area contributed by atoms with Crippen LogP contribution in [0.4, 0.5) is 0 Å². The summed E-state index contributed by atoms with van der Waals surface area (Å²) in [6, 6.07) is 7.99. The van der Waals surface area contributed by atoms with Crippen molar-refractivity contribution >= 4 is 5.91 Å². The zero-order chi connectivity index (χ0) is 17.0. The van der Waals surface area contributed by atoms with Crippen LogP contribution in [0.1, 0.15) is 31.4 Å². The molecule has 3 N–H and O–H groups in total. The Kier molecular flexibility index (Phi) is 4.97. The van der Waals surface area contributed by atoms with Crippen molar-refractivity contribution in [3.05, 3.63) is 48.5 Å². The van der Waals surface area contributed by atoms with Crippen LogP contribution in [0, 0.1) is 5.41 Å². The van der Waals surface area contributed by atoms with E-state index in [0.717, 1.165) is 11.3 Å². The molecule has 0 saturated carbocycles. The molecule has 0 aliphatic carbocycles. The SMILES string of the molecule is CC(NC(=O)C1(CN)CCOCC1)c1cccc(-n2ccnc2)c1. The van der Waals surface area contributed by atoms with Gasteiger partial charge in [0.1, 0.15) is 0 Å². The lowest BCUT2D eigenvalue weighted by atomic mass is 9.79. The van der Waals surface area contributed by atoms with Gasteiger partial charge in [-0.05, 0) is 37.5 Å². The number of nitrogens with one attached hydrogen (secondary N) is 1. The van der Waals surface area contributed by atoms with Crippen LogP contribution in [0.5, 0.6) is 0 Å². The minimum atomic E-state index is -0.505. The van der Waals surface area contributed by atoms with Crippen LogP contribution < -0.4 is 11.1 Å². The molecule has 1 aliphatic heterocycles. The highest BCUT2D eigenvalue weighted by Crippen LogP contribution is 2.30. The molecule has 1 fully saturated rings. The Morgan fingerprint density at radius 1 is 1.46 bits per heavy atom. The number of ether oxygens (including phenoxy) is 1. The Morgan fingerprint density at radius 2 is 2.25 bits per heavy atom. The highest BCUT2D eigenvalue weighted by Gasteiger charge is 2.39. The third-order valence-electron chi connectivity index (χ3n) is 4.84. The molecule has 6 nitrogen and oxygen atoms in total. The fourth-order valence-corrected chi connectivity index (χ4v) is 3.09. The molecule has 2 aromatic rings. The van der Waals surface area contributed by atoms with E-state index in [4.69, 9.17) is 10.5 Å². The molecule has 1 aromatic heterocycles. The number of amides is 1. The van der Waals surface area contributed by atoms with Crippen LogP contribution in [0.2, 0.25) is 0 Å². The van der Waals surface area contributed by atoms with Crippen LogP contribution >= 0.6 is 0 Å². The second kappa shape index (κ2) is 7.15. The van der Waals surface area contributed by atoms with Crippen molar-refractivity contribution in [3.8, 4) is 5.69 Å². The quantitative estimate of drug-likeness (QED) is 0.877. The monoisotopic (exact) mass is 328 g/mol. The van der Waals surface area contributed by atoms with Crippen molar-refractivity contribution in [3.63, 3.8) is 0 Å². The maximum atomic E-state index is 12.8. The standard InChI is InChI=1S/C18H24N4O2/c1-14(21-17(23)18(12-19)5-9-24-10-6-18)15-3-2-4-16(11-15)22-8-7-20-13-22/h2-4,7-8,11,13-14H,5-6,9-10,12,19H2,1H3,(H,21,23). The maximum absolute atomic E-state index is 12.8. The first kappa shape index (κ1) is 16.7. The highest BCUT2D eigenvalue weighted by molar-refractivity contribution is 5.83. The summed E-state index contributed by atoms with van der Waals surface area (Å²) in [4.78, 5) is 16.9. The zero-order valence-corrected chi connectivity index (χ0v) is 13.9. The summed E-state index contributed by atoms with van der Waals surface area (Å²) < 4.78 is 7.32. The lowest BCUT2D eigenvalue weighted by molar-refractivity contribution is -0.136. The van der Waals surface area contributed by atoms with Gasteiger partial charge in [-0.3, -0.25) is 4.79 Å². The summed E-state index contributed by atoms with van der Waals surface area (Å²) in [5.74, 6) is 0.0221. The van der Waals surface area contributed by atoms with Crippen molar-refractivity contribution in [2.75, 3.05) is 19.8 Å². The van der Waals surface area contributed by atoms with E-state index in [1.54, 1.807) is 12.5 Å². The summed E-state index contributed by atoms with van der Waals surface area (Å²) in [7, 11) is 0. The van der Waals surface area contributed by atoms with Gasteiger partial charge in [-0.25, -0.2) is 4.98 Å². The van der Waals surface area contributed by atoms with E-state index in [9.17, 15) is 4.79 Å². The van der Waals surface area contributed by atoms with Crippen molar-refractivity contribution < 1.29 is 9.53 Å². The number of hydrogen-bond donors (Lipinski definition) is 2. The first-order valence-corrected chi connectivity index (χ1v) is 8.32. The minimum Gasteiger partial charge on any atom is -0.381 e. The molecular formula is C18H24N4O2. The summed E-state index contributed by atoms with van der Waals surface area (Å²) in [5, 5.41) is 3.13. The number of carbonyl (C=O) groups excluding carboxylic acids is 1. The molecule has 24 heavy (non-hydrogen) atoms. The third kappa shape index (κ3) is 3.34. The van der Waals surface area contributed by atoms with Crippen molar-refractivity contribution in [2.24, 2.45) is 11.1 Å². The van der Waals surface area contributed by atoms with Crippen LogP contribution in [-0.4, -0.2) is 35.2 Å². The normalized spacial score (nSPS) is 18.1. The van der Waals surface area contributed by atoms with Gasteiger partial charge in [0.2, 0.25) is 5.91 Å². The summed E-state index contributed by atoms with van der Waals surface area (Å²) in [6.45, 7) is 3.53. The van der Waals surface area contributed by atoms with Gasteiger partial charge in [-0.2, -0.15) is 0 Å². The zero-order valence-electron chi connectivity index (χ0n) is 13.9. The average Bonchev–Trinajstić information content (AvgIpc) is 3.17. The van der Waals surface area contributed by atoms with Crippen molar-refractivity contribution in [1.82, 2.24) is 14.9 Å². The van der Waals surface area contributed by atoms with E-state index in [1.165, 1.54) is 0 Å². The largest absolute Gasteiger partial charge is 0.381 e. The second-order valence-electron chi connectivity index (χ2n) is 6.36. The van der Waals surface area contributed by atoms with Crippen LogP contribution in [-0.2, 0) is 9.53 Å². The van der Waals surface area contributed by atoms with Crippen LogP contribution in [0.25, 0.3) is 5.69 Å². The van der Waals surface area contributed by atoms with Gasteiger partial charge in [-0.15, -0.1) is 0 Å². The molecule has 3 rings (SSSR count). The third-order valence-corrected chi connectivity index (χ3v) is 4.84. The summed E-state index contributed by atoms with van der Waals surface area (Å²) in [6.07, 6.45) is 6.75. The molecule has 0 bridgehead atoms. The molecule has 1 unspecified atom stereocenters. The first-order chi connectivity index (χ1) is 11.6.